The van der Waals surface area contributed by atoms with Gasteiger partial charge in [0.25, 0.3) is 0 Å². The summed E-state index contributed by atoms with van der Waals surface area (Å²) in [5.74, 6) is 1.53. The van der Waals surface area contributed by atoms with Crippen molar-refractivity contribution in [2.45, 2.75) is 0 Å². The molecule has 3 aromatic rings. The summed E-state index contributed by atoms with van der Waals surface area (Å²) < 4.78 is 12.1. The van der Waals surface area contributed by atoms with Crippen LogP contribution in [-0.2, 0) is 0 Å². The first kappa shape index (κ1) is 12.8. The molecule has 0 saturated carbocycles. The lowest BCUT2D eigenvalue weighted by molar-refractivity contribution is 0.414. The number of rotatable bonds is 3. The van der Waals surface area contributed by atoms with Gasteiger partial charge in [-0.25, -0.2) is 4.68 Å². The molecular weight excluding hydrogens is 276 g/mol. The summed E-state index contributed by atoms with van der Waals surface area (Å²) in [6.07, 6.45) is 1.92. The van der Waals surface area contributed by atoms with Crippen molar-refractivity contribution in [1.82, 2.24) is 9.78 Å². The number of fused-ring (bicyclic) bond motifs is 1. The minimum Gasteiger partial charge on any atom is -0.497 e. The van der Waals surface area contributed by atoms with Crippen molar-refractivity contribution in [3.63, 3.8) is 0 Å². The highest BCUT2D eigenvalue weighted by molar-refractivity contribution is 6.35. The van der Waals surface area contributed by atoms with Gasteiger partial charge in [-0.1, -0.05) is 11.6 Å². The predicted molar refractivity (Wildman–Crippen MR) is 79.2 cm³/mol. The topological polar surface area (TPSA) is 36.3 Å². The summed E-state index contributed by atoms with van der Waals surface area (Å²) in [6.45, 7) is 0. The highest BCUT2D eigenvalue weighted by atomic mass is 35.5. The fraction of sp³-hybridized carbons (Fsp3) is 0.133. The third-order valence-electron chi connectivity index (χ3n) is 3.11. The third kappa shape index (κ3) is 2.18. The van der Waals surface area contributed by atoms with Crippen molar-refractivity contribution in [3.05, 3.63) is 47.6 Å². The second-order valence-electron chi connectivity index (χ2n) is 4.32. The number of halogens is 1. The molecule has 2 aromatic carbocycles. The van der Waals surface area contributed by atoms with E-state index in [0.29, 0.717) is 5.02 Å². The van der Waals surface area contributed by atoms with Crippen LogP contribution >= 0.6 is 11.6 Å². The van der Waals surface area contributed by atoms with Crippen LogP contribution in [0, 0.1) is 0 Å². The Balaban J connectivity index is 2.09. The molecule has 20 heavy (non-hydrogen) atoms. The Bertz CT molecular complexity index is 750. The molecule has 0 aliphatic carbocycles. The summed E-state index contributed by atoms with van der Waals surface area (Å²) in [5.41, 5.74) is 1.69. The quantitative estimate of drug-likeness (QED) is 0.737. The fourth-order valence-electron chi connectivity index (χ4n) is 2.05. The average molecular weight is 289 g/mol. The zero-order chi connectivity index (χ0) is 14.1. The normalized spacial score (nSPS) is 10.8. The molecule has 0 aliphatic rings. The van der Waals surface area contributed by atoms with E-state index in [0.717, 1.165) is 28.1 Å². The van der Waals surface area contributed by atoms with E-state index in [2.05, 4.69) is 5.10 Å². The molecule has 5 heteroatoms. The van der Waals surface area contributed by atoms with Crippen molar-refractivity contribution in [2.24, 2.45) is 0 Å². The Morgan fingerprint density at radius 1 is 1.00 bits per heavy atom. The number of aromatic nitrogens is 2. The number of hydrogen-bond acceptors (Lipinski definition) is 3. The summed E-state index contributed by atoms with van der Waals surface area (Å²) in [5, 5.41) is 6.01. The van der Waals surface area contributed by atoms with E-state index in [1.165, 1.54) is 0 Å². The van der Waals surface area contributed by atoms with Gasteiger partial charge in [-0.15, -0.1) is 0 Å². The van der Waals surface area contributed by atoms with Gasteiger partial charge < -0.3 is 9.47 Å². The van der Waals surface area contributed by atoms with Crippen molar-refractivity contribution >= 4 is 22.5 Å². The summed E-state index contributed by atoms with van der Waals surface area (Å²) >= 11 is 6.21. The van der Waals surface area contributed by atoms with Gasteiger partial charge in [-0.3, -0.25) is 0 Å². The molecule has 1 heterocycles. The van der Waals surface area contributed by atoms with Gasteiger partial charge in [-0.05, 0) is 30.3 Å². The number of ether oxygens (including phenoxy) is 2. The van der Waals surface area contributed by atoms with Crippen LogP contribution in [0.2, 0.25) is 5.02 Å². The molecule has 3 rings (SSSR count). The number of hydrogen-bond donors (Lipinski definition) is 0. The van der Waals surface area contributed by atoms with E-state index < -0.39 is 0 Å². The minimum absolute atomic E-state index is 0.576. The lowest BCUT2D eigenvalue weighted by atomic mass is 10.2. The molecule has 0 atom stereocenters. The average Bonchev–Trinajstić information content (AvgIpc) is 2.92. The first-order chi connectivity index (χ1) is 9.71. The molecular formula is C15H13ClN2O2. The molecule has 102 valence electrons. The highest BCUT2D eigenvalue weighted by Crippen LogP contribution is 2.29. The number of nitrogens with zero attached hydrogens (tertiary/aromatic N) is 2. The van der Waals surface area contributed by atoms with Gasteiger partial charge in [0.15, 0.2) is 0 Å². The molecule has 0 spiro atoms. The van der Waals surface area contributed by atoms with Crippen LogP contribution in [0.15, 0.2) is 42.6 Å². The second kappa shape index (κ2) is 5.06. The van der Waals surface area contributed by atoms with Crippen LogP contribution in [0.3, 0.4) is 0 Å². The highest BCUT2D eigenvalue weighted by Gasteiger charge is 2.08. The van der Waals surface area contributed by atoms with Crippen LogP contribution in [0.25, 0.3) is 16.6 Å². The molecule has 0 aliphatic heterocycles. The van der Waals surface area contributed by atoms with Crippen LogP contribution in [0.4, 0.5) is 0 Å². The van der Waals surface area contributed by atoms with Crippen molar-refractivity contribution in [2.75, 3.05) is 14.2 Å². The summed E-state index contributed by atoms with van der Waals surface area (Å²) in [7, 11) is 3.26. The Hall–Kier alpha value is -2.20. The molecule has 0 unspecified atom stereocenters. The van der Waals surface area contributed by atoms with Gasteiger partial charge in [0.1, 0.15) is 17.0 Å². The van der Waals surface area contributed by atoms with Crippen LogP contribution in [0.1, 0.15) is 0 Å². The molecule has 1 aromatic heterocycles. The zero-order valence-electron chi connectivity index (χ0n) is 11.1. The minimum atomic E-state index is 0.576. The van der Waals surface area contributed by atoms with Crippen molar-refractivity contribution in [3.8, 4) is 17.2 Å². The molecule has 0 fully saturated rings. The van der Waals surface area contributed by atoms with Crippen LogP contribution < -0.4 is 9.47 Å². The Morgan fingerprint density at radius 3 is 2.35 bits per heavy atom. The van der Waals surface area contributed by atoms with Gasteiger partial charge in [0, 0.05) is 17.6 Å². The fourth-order valence-corrected chi connectivity index (χ4v) is 2.31. The van der Waals surface area contributed by atoms with E-state index in [1.807, 2.05) is 36.5 Å². The molecule has 0 saturated heterocycles. The first-order valence-corrected chi connectivity index (χ1v) is 6.46. The third-order valence-corrected chi connectivity index (χ3v) is 3.40. The Morgan fingerprint density at radius 2 is 1.70 bits per heavy atom. The molecule has 0 amide bonds. The molecule has 0 radical (unpaired) electrons. The lowest BCUT2D eigenvalue weighted by Crippen LogP contribution is -1.94. The largest absolute Gasteiger partial charge is 0.497 e. The van der Waals surface area contributed by atoms with E-state index in [-0.39, 0.29) is 0 Å². The monoisotopic (exact) mass is 288 g/mol. The number of benzene rings is 2. The Kier molecular flexibility index (Phi) is 3.24. The first-order valence-electron chi connectivity index (χ1n) is 6.08. The molecule has 4 nitrogen and oxygen atoms in total. The van der Waals surface area contributed by atoms with Gasteiger partial charge in [-0.2, -0.15) is 5.10 Å². The van der Waals surface area contributed by atoms with E-state index in [1.54, 1.807) is 25.0 Å². The zero-order valence-corrected chi connectivity index (χ0v) is 11.9. The molecule has 0 N–H and O–H groups in total. The van der Waals surface area contributed by atoms with E-state index in [9.17, 15) is 0 Å². The maximum Gasteiger partial charge on any atom is 0.121 e. The van der Waals surface area contributed by atoms with Gasteiger partial charge in [0.2, 0.25) is 0 Å². The lowest BCUT2D eigenvalue weighted by Gasteiger charge is -2.02. The maximum absolute atomic E-state index is 6.21. The standard InChI is InChI=1S/C15H13ClN2O2/c1-19-12-5-3-11(4-6-12)18-9-10-7-13(20-2)8-14(16)15(10)17-18/h3-9H,1-2H3. The number of methoxy groups -OCH3 is 2. The van der Waals surface area contributed by atoms with Gasteiger partial charge in [0.05, 0.1) is 24.9 Å². The predicted octanol–water partition coefficient (Wildman–Crippen LogP) is 3.70. The summed E-state index contributed by atoms with van der Waals surface area (Å²) in [6, 6.07) is 11.3. The van der Waals surface area contributed by atoms with E-state index in [4.69, 9.17) is 21.1 Å². The van der Waals surface area contributed by atoms with Crippen molar-refractivity contribution in [1.29, 1.82) is 0 Å². The van der Waals surface area contributed by atoms with Crippen LogP contribution in [0.5, 0.6) is 11.5 Å². The SMILES string of the molecule is COc1ccc(-n2cc3cc(OC)cc(Cl)c3n2)cc1. The van der Waals surface area contributed by atoms with Crippen LogP contribution in [-0.4, -0.2) is 24.0 Å². The smallest absolute Gasteiger partial charge is 0.121 e. The van der Waals surface area contributed by atoms with Crippen molar-refractivity contribution < 1.29 is 9.47 Å². The Labute approximate surface area is 121 Å². The molecule has 0 bridgehead atoms. The maximum atomic E-state index is 6.21. The van der Waals surface area contributed by atoms with E-state index >= 15 is 0 Å². The second-order valence-corrected chi connectivity index (χ2v) is 4.73. The van der Waals surface area contributed by atoms with Gasteiger partial charge >= 0.3 is 0 Å². The summed E-state index contributed by atoms with van der Waals surface area (Å²) in [4.78, 5) is 0.